The van der Waals surface area contributed by atoms with Gasteiger partial charge in [-0.05, 0) is 49.5 Å². The van der Waals surface area contributed by atoms with E-state index in [1.807, 2.05) is 0 Å². The minimum absolute atomic E-state index is 0.0782. The summed E-state index contributed by atoms with van der Waals surface area (Å²) in [7, 11) is -2.24. The Hall–Kier alpha value is -3.20. The number of sulfonamides is 1. The van der Waals surface area contributed by atoms with Crippen LogP contribution in [0, 0.1) is 0 Å². The first-order valence-corrected chi connectivity index (χ1v) is 11.0. The second-order valence-corrected chi connectivity index (χ2v) is 8.73. The van der Waals surface area contributed by atoms with Crippen molar-refractivity contribution in [1.29, 1.82) is 0 Å². The van der Waals surface area contributed by atoms with Gasteiger partial charge in [-0.2, -0.15) is 0 Å². The molecule has 0 fully saturated rings. The maximum atomic E-state index is 12.8. The van der Waals surface area contributed by atoms with Crippen LogP contribution in [0.25, 0.3) is 0 Å². The van der Waals surface area contributed by atoms with Crippen LogP contribution < -0.4 is 14.8 Å². The largest absolute Gasteiger partial charge is 0.483 e. The van der Waals surface area contributed by atoms with Crippen LogP contribution in [0.2, 0.25) is 5.02 Å². The Bertz CT molecular complexity index is 1200. The summed E-state index contributed by atoms with van der Waals surface area (Å²) in [5.74, 6) is -0.527. The first-order chi connectivity index (χ1) is 14.8. The predicted octanol–water partition coefficient (Wildman–Crippen LogP) is 3.50. The van der Waals surface area contributed by atoms with Crippen molar-refractivity contribution < 1.29 is 22.7 Å². The number of amides is 1. The lowest BCUT2D eigenvalue weighted by Gasteiger charge is -2.12. The Morgan fingerprint density at radius 1 is 0.968 bits per heavy atom. The van der Waals surface area contributed by atoms with Gasteiger partial charge in [-0.15, -0.1) is 0 Å². The summed E-state index contributed by atoms with van der Waals surface area (Å²) in [5, 5.41) is 2.98. The van der Waals surface area contributed by atoms with E-state index in [0.29, 0.717) is 16.3 Å². The normalized spacial score (nSPS) is 11.0. The lowest BCUT2D eigenvalue weighted by atomic mass is 10.0. The number of hydrogen-bond donors (Lipinski definition) is 2. The van der Waals surface area contributed by atoms with Gasteiger partial charge in [0.15, 0.2) is 12.4 Å². The molecule has 3 rings (SSSR count). The molecule has 0 unspecified atom stereocenters. The lowest BCUT2D eigenvalue weighted by Crippen LogP contribution is -2.21. The highest BCUT2D eigenvalue weighted by atomic mass is 35.5. The molecule has 31 heavy (non-hydrogen) atoms. The third-order valence-corrected chi connectivity index (χ3v) is 5.96. The van der Waals surface area contributed by atoms with Gasteiger partial charge in [0, 0.05) is 16.3 Å². The van der Waals surface area contributed by atoms with Crippen LogP contribution >= 0.6 is 11.6 Å². The van der Waals surface area contributed by atoms with Gasteiger partial charge in [0.25, 0.3) is 5.91 Å². The van der Waals surface area contributed by atoms with Crippen LogP contribution in [0.4, 0.5) is 5.69 Å². The smallest absolute Gasteiger partial charge is 0.262 e. The Kier molecular flexibility index (Phi) is 7.06. The molecule has 3 aromatic rings. The molecular formula is C22H19ClN2O5S. The Balaban J connectivity index is 1.69. The number of rotatable bonds is 8. The average Bonchev–Trinajstić information content (AvgIpc) is 2.78. The topological polar surface area (TPSA) is 102 Å². The van der Waals surface area contributed by atoms with E-state index in [4.69, 9.17) is 16.3 Å². The summed E-state index contributed by atoms with van der Waals surface area (Å²) < 4.78 is 31.3. The molecule has 0 aliphatic carbocycles. The van der Waals surface area contributed by atoms with E-state index in [1.165, 1.54) is 43.4 Å². The van der Waals surface area contributed by atoms with Crippen molar-refractivity contribution in [3.05, 3.63) is 88.9 Å². The van der Waals surface area contributed by atoms with Crippen LogP contribution in [0.1, 0.15) is 15.9 Å². The van der Waals surface area contributed by atoms with Crippen molar-refractivity contribution in [1.82, 2.24) is 4.72 Å². The molecule has 0 saturated carbocycles. The number of carbonyl (C=O) groups is 2. The number of hydrogen-bond acceptors (Lipinski definition) is 5. The highest BCUT2D eigenvalue weighted by molar-refractivity contribution is 7.89. The zero-order valence-corrected chi connectivity index (χ0v) is 18.0. The Morgan fingerprint density at radius 2 is 1.65 bits per heavy atom. The standard InChI is InChI=1S/C22H19ClN2O5S/c1-24-31(28,29)18-10-8-17(9-11-18)25-21(26)14-30-20-12-7-16(23)13-19(20)22(27)15-5-3-2-4-6-15/h2-13,24H,14H2,1H3,(H,25,26). The molecule has 0 aliphatic heterocycles. The fourth-order valence-corrected chi connectivity index (χ4v) is 3.63. The van der Waals surface area contributed by atoms with E-state index in [0.717, 1.165) is 0 Å². The number of benzene rings is 3. The molecule has 0 saturated heterocycles. The zero-order valence-electron chi connectivity index (χ0n) is 16.5. The van der Waals surface area contributed by atoms with Crippen molar-refractivity contribution in [3.63, 3.8) is 0 Å². The van der Waals surface area contributed by atoms with Crippen LogP contribution in [0.3, 0.4) is 0 Å². The second kappa shape index (κ2) is 9.74. The molecule has 0 spiro atoms. The van der Waals surface area contributed by atoms with Crippen molar-refractivity contribution in [2.45, 2.75) is 4.90 Å². The minimum Gasteiger partial charge on any atom is -0.483 e. The fourth-order valence-electron chi connectivity index (χ4n) is 2.73. The fraction of sp³-hybridized carbons (Fsp3) is 0.0909. The summed E-state index contributed by atoms with van der Waals surface area (Å²) in [6.45, 7) is -0.354. The van der Waals surface area contributed by atoms with E-state index in [9.17, 15) is 18.0 Å². The van der Waals surface area contributed by atoms with Crippen LogP contribution in [0.15, 0.2) is 77.7 Å². The maximum Gasteiger partial charge on any atom is 0.262 e. The van der Waals surface area contributed by atoms with E-state index in [2.05, 4.69) is 10.0 Å². The van der Waals surface area contributed by atoms with Gasteiger partial charge in [0.2, 0.25) is 10.0 Å². The van der Waals surface area contributed by atoms with E-state index in [1.54, 1.807) is 36.4 Å². The molecule has 1 amide bonds. The molecule has 0 aromatic heterocycles. The zero-order chi connectivity index (χ0) is 22.4. The van der Waals surface area contributed by atoms with Gasteiger partial charge in [0.05, 0.1) is 10.5 Å². The van der Waals surface area contributed by atoms with Gasteiger partial charge in [-0.1, -0.05) is 41.9 Å². The molecule has 0 bridgehead atoms. The summed E-state index contributed by atoms with van der Waals surface area (Å²) in [5.41, 5.74) is 1.11. The lowest BCUT2D eigenvalue weighted by molar-refractivity contribution is -0.118. The number of ketones is 1. The summed E-state index contributed by atoms with van der Waals surface area (Å²) in [6, 6.07) is 18.9. The quantitative estimate of drug-likeness (QED) is 0.503. The molecule has 0 aliphatic rings. The number of anilines is 1. The van der Waals surface area contributed by atoms with E-state index >= 15 is 0 Å². The van der Waals surface area contributed by atoms with Gasteiger partial charge in [-0.3, -0.25) is 9.59 Å². The number of nitrogens with one attached hydrogen (secondary N) is 2. The monoisotopic (exact) mass is 458 g/mol. The molecule has 7 nitrogen and oxygen atoms in total. The molecule has 0 heterocycles. The van der Waals surface area contributed by atoms with Gasteiger partial charge in [0.1, 0.15) is 5.75 Å². The van der Waals surface area contributed by atoms with Crippen LogP contribution in [-0.4, -0.2) is 33.8 Å². The first-order valence-electron chi connectivity index (χ1n) is 9.16. The van der Waals surface area contributed by atoms with Crippen LogP contribution in [-0.2, 0) is 14.8 Å². The number of halogens is 1. The van der Waals surface area contributed by atoms with Crippen molar-refractivity contribution in [2.75, 3.05) is 19.0 Å². The SMILES string of the molecule is CNS(=O)(=O)c1ccc(NC(=O)COc2ccc(Cl)cc2C(=O)c2ccccc2)cc1. The minimum atomic E-state index is -3.56. The Morgan fingerprint density at radius 3 is 2.29 bits per heavy atom. The third-order valence-electron chi connectivity index (χ3n) is 4.30. The summed E-state index contributed by atoms with van der Waals surface area (Å²) >= 11 is 6.04. The number of ether oxygens (including phenoxy) is 1. The molecule has 9 heteroatoms. The molecular weight excluding hydrogens is 440 g/mol. The molecule has 160 valence electrons. The van der Waals surface area contributed by atoms with Crippen molar-refractivity contribution >= 4 is 39.0 Å². The van der Waals surface area contributed by atoms with Gasteiger partial charge >= 0.3 is 0 Å². The highest BCUT2D eigenvalue weighted by Gasteiger charge is 2.17. The van der Waals surface area contributed by atoms with E-state index in [-0.39, 0.29) is 28.6 Å². The van der Waals surface area contributed by atoms with Gasteiger partial charge < -0.3 is 10.1 Å². The average molecular weight is 459 g/mol. The third kappa shape index (κ3) is 5.69. The summed E-state index contributed by atoms with van der Waals surface area (Å²) in [6.07, 6.45) is 0. The maximum absolute atomic E-state index is 12.8. The van der Waals surface area contributed by atoms with Crippen molar-refractivity contribution in [3.8, 4) is 5.75 Å². The molecule has 3 aromatic carbocycles. The highest BCUT2D eigenvalue weighted by Crippen LogP contribution is 2.26. The second-order valence-electron chi connectivity index (χ2n) is 6.40. The van der Waals surface area contributed by atoms with Crippen molar-refractivity contribution in [2.24, 2.45) is 0 Å². The molecule has 0 atom stereocenters. The first kappa shape index (κ1) is 22.5. The van der Waals surface area contributed by atoms with Crippen LogP contribution in [0.5, 0.6) is 5.75 Å². The number of carbonyl (C=O) groups excluding carboxylic acids is 2. The Labute approximate surface area is 185 Å². The molecule has 2 N–H and O–H groups in total. The van der Waals surface area contributed by atoms with E-state index < -0.39 is 15.9 Å². The summed E-state index contributed by atoms with van der Waals surface area (Å²) in [4.78, 5) is 25.1. The van der Waals surface area contributed by atoms with Gasteiger partial charge in [-0.25, -0.2) is 13.1 Å². The molecule has 0 radical (unpaired) electrons. The predicted molar refractivity (Wildman–Crippen MR) is 118 cm³/mol.